The third-order valence-electron chi connectivity index (χ3n) is 1.75. The minimum absolute atomic E-state index is 0.0431. The highest BCUT2D eigenvalue weighted by molar-refractivity contribution is 8.00. The van der Waals surface area contributed by atoms with Gasteiger partial charge in [-0.25, -0.2) is 9.29 Å². The molecule has 0 aliphatic rings. The van der Waals surface area contributed by atoms with Crippen molar-refractivity contribution in [3.8, 4) is 0 Å². The summed E-state index contributed by atoms with van der Waals surface area (Å²) in [6.07, 6.45) is 1.44. The second kappa shape index (κ2) is 5.79. The molecule has 0 saturated heterocycles. The van der Waals surface area contributed by atoms with Crippen LogP contribution in [0.25, 0.3) is 0 Å². The molecule has 0 bridgehead atoms. The van der Waals surface area contributed by atoms with Crippen molar-refractivity contribution in [2.75, 3.05) is 6.54 Å². The zero-order valence-corrected chi connectivity index (χ0v) is 10.2. The zero-order chi connectivity index (χ0) is 12.2. The molecule has 2 nitrogen and oxygen atoms in total. The number of hydrogen-bond donors (Lipinski definition) is 1. The fourth-order valence-corrected chi connectivity index (χ4v) is 1.65. The Kier molecular flexibility index (Phi) is 4.94. The lowest BCUT2D eigenvalue weighted by atomic mass is 10.3. The maximum Gasteiger partial charge on any atom is 0.447 e. The number of thioether (sulfide) groups is 1. The van der Waals surface area contributed by atoms with Gasteiger partial charge in [-0.1, -0.05) is 25.8 Å². The number of thiol groups is 1. The smallest absolute Gasteiger partial charge is 0.249 e. The second-order valence-electron chi connectivity index (χ2n) is 3.03. The molecular formula is C9H11F3N2S2. The van der Waals surface area contributed by atoms with E-state index in [4.69, 9.17) is 0 Å². The summed E-state index contributed by atoms with van der Waals surface area (Å²) in [6.45, 7) is 3.25. The summed E-state index contributed by atoms with van der Waals surface area (Å²) in [5, 5.41) is -0.0431. The Morgan fingerprint density at radius 1 is 1.44 bits per heavy atom. The van der Waals surface area contributed by atoms with Crippen LogP contribution in [0.1, 0.15) is 12.5 Å². The summed E-state index contributed by atoms with van der Waals surface area (Å²) in [7, 11) is 0. The van der Waals surface area contributed by atoms with E-state index in [2.05, 4.69) is 17.8 Å². The van der Waals surface area contributed by atoms with Crippen LogP contribution in [0.5, 0.6) is 0 Å². The van der Waals surface area contributed by atoms with Gasteiger partial charge in [-0.2, -0.15) is 13.2 Å². The van der Waals surface area contributed by atoms with Crippen LogP contribution in [0, 0.1) is 0 Å². The van der Waals surface area contributed by atoms with Crippen molar-refractivity contribution in [3.63, 3.8) is 0 Å². The molecule has 1 heterocycles. The number of alkyl halides is 3. The van der Waals surface area contributed by atoms with E-state index in [0.717, 1.165) is 12.1 Å². The summed E-state index contributed by atoms with van der Waals surface area (Å²) < 4.78 is 37.8. The van der Waals surface area contributed by atoms with Crippen molar-refractivity contribution in [1.82, 2.24) is 9.29 Å². The maximum atomic E-state index is 12.0. The quantitative estimate of drug-likeness (QED) is 0.666. The van der Waals surface area contributed by atoms with Crippen LogP contribution in [0.4, 0.5) is 13.2 Å². The molecule has 0 fully saturated rings. The highest BCUT2D eigenvalue weighted by Gasteiger charge is 2.29. The molecule has 0 atom stereocenters. The lowest BCUT2D eigenvalue weighted by Crippen LogP contribution is -2.10. The van der Waals surface area contributed by atoms with Gasteiger partial charge in [-0.05, 0) is 11.6 Å². The average molecular weight is 268 g/mol. The lowest BCUT2D eigenvalue weighted by molar-refractivity contribution is -0.0329. The topological polar surface area (TPSA) is 16.1 Å². The summed E-state index contributed by atoms with van der Waals surface area (Å²) in [5.74, 6) is 0. The molecule has 0 amide bonds. The number of rotatable bonds is 4. The normalized spacial score (nSPS) is 12.1. The Bertz CT molecular complexity index is 327. The van der Waals surface area contributed by atoms with Crippen molar-refractivity contribution in [2.24, 2.45) is 0 Å². The van der Waals surface area contributed by atoms with E-state index >= 15 is 0 Å². The van der Waals surface area contributed by atoms with Gasteiger partial charge in [0.25, 0.3) is 0 Å². The van der Waals surface area contributed by atoms with Crippen LogP contribution in [-0.4, -0.2) is 21.3 Å². The molecule has 0 N–H and O–H groups in total. The molecule has 1 aromatic heterocycles. The van der Waals surface area contributed by atoms with Crippen LogP contribution in [-0.2, 0) is 6.54 Å². The van der Waals surface area contributed by atoms with Crippen LogP contribution >= 0.6 is 24.6 Å². The van der Waals surface area contributed by atoms with Gasteiger partial charge in [-0.15, -0.1) is 0 Å². The van der Waals surface area contributed by atoms with Gasteiger partial charge in [0.1, 0.15) is 5.03 Å². The third-order valence-corrected chi connectivity index (χ3v) is 2.85. The Morgan fingerprint density at radius 2 is 2.12 bits per heavy atom. The van der Waals surface area contributed by atoms with E-state index in [-0.39, 0.29) is 16.8 Å². The SMILES string of the molecule is CCN(S)Cc1ccc(SC(F)(F)F)nc1. The largest absolute Gasteiger partial charge is 0.447 e. The van der Waals surface area contributed by atoms with Gasteiger partial charge in [0.05, 0.1) is 0 Å². The van der Waals surface area contributed by atoms with E-state index in [1.54, 1.807) is 10.4 Å². The Labute approximate surface area is 102 Å². The molecule has 16 heavy (non-hydrogen) atoms. The molecule has 1 rings (SSSR count). The van der Waals surface area contributed by atoms with E-state index < -0.39 is 5.51 Å². The molecule has 0 aliphatic heterocycles. The van der Waals surface area contributed by atoms with Crippen LogP contribution < -0.4 is 0 Å². The van der Waals surface area contributed by atoms with Crippen molar-refractivity contribution >= 4 is 24.6 Å². The van der Waals surface area contributed by atoms with Gasteiger partial charge in [0.2, 0.25) is 0 Å². The number of halogens is 3. The van der Waals surface area contributed by atoms with Crippen molar-refractivity contribution < 1.29 is 13.2 Å². The molecular weight excluding hydrogens is 257 g/mol. The maximum absolute atomic E-state index is 12.0. The number of nitrogens with zero attached hydrogens (tertiary/aromatic N) is 2. The number of aromatic nitrogens is 1. The Balaban J connectivity index is 2.61. The van der Waals surface area contributed by atoms with Crippen LogP contribution in [0.2, 0.25) is 0 Å². The van der Waals surface area contributed by atoms with Crippen molar-refractivity contribution in [1.29, 1.82) is 0 Å². The molecule has 0 spiro atoms. The fourth-order valence-electron chi connectivity index (χ4n) is 1.01. The molecule has 1 aromatic rings. The van der Waals surface area contributed by atoms with Gasteiger partial charge < -0.3 is 0 Å². The summed E-state index contributed by atoms with van der Waals surface area (Å²) in [5.41, 5.74) is -3.45. The van der Waals surface area contributed by atoms with Crippen LogP contribution in [0.15, 0.2) is 23.4 Å². The molecule has 0 radical (unpaired) electrons. The Hall–Kier alpha value is -0.400. The minimum Gasteiger partial charge on any atom is -0.249 e. The predicted octanol–water partition coefficient (Wildman–Crippen LogP) is 3.36. The third kappa shape index (κ3) is 5.09. The fraction of sp³-hybridized carbons (Fsp3) is 0.444. The molecule has 0 aliphatic carbocycles. The highest BCUT2D eigenvalue weighted by Crippen LogP contribution is 2.35. The first-order chi connectivity index (χ1) is 7.40. The van der Waals surface area contributed by atoms with Gasteiger partial charge in [0.15, 0.2) is 0 Å². The first-order valence-electron chi connectivity index (χ1n) is 4.55. The number of pyridine rings is 1. The molecule has 0 saturated carbocycles. The van der Waals surface area contributed by atoms with E-state index in [0.29, 0.717) is 6.54 Å². The molecule has 0 aromatic carbocycles. The second-order valence-corrected chi connectivity index (χ2v) is 4.68. The predicted molar refractivity (Wildman–Crippen MR) is 61.2 cm³/mol. The summed E-state index contributed by atoms with van der Waals surface area (Å²) in [4.78, 5) is 3.73. The van der Waals surface area contributed by atoms with Gasteiger partial charge in [0, 0.05) is 31.0 Å². The zero-order valence-electron chi connectivity index (χ0n) is 8.53. The van der Waals surface area contributed by atoms with Crippen LogP contribution in [0.3, 0.4) is 0 Å². The van der Waals surface area contributed by atoms with Gasteiger partial charge in [-0.3, -0.25) is 0 Å². The first kappa shape index (κ1) is 13.7. The van der Waals surface area contributed by atoms with E-state index in [1.807, 2.05) is 6.92 Å². The Morgan fingerprint density at radius 3 is 2.56 bits per heavy atom. The lowest BCUT2D eigenvalue weighted by Gasteiger charge is -2.12. The van der Waals surface area contributed by atoms with Gasteiger partial charge >= 0.3 is 5.51 Å². The molecule has 90 valence electrons. The monoisotopic (exact) mass is 268 g/mol. The molecule has 7 heteroatoms. The summed E-state index contributed by atoms with van der Waals surface area (Å²) >= 11 is 3.95. The highest BCUT2D eigenvalue weighted by atomic mass is 32.2. The average Bonchev–Trinajstić information content (AvgIpc) is 2.18. The standard InChI is InChI=1S/C9H11F3N2S2/c1-2-14(15)6-7-3-4-8(13-5-7)16-9(10,11)12/h3-5,15H,2,6H2,1H3. The first-order valence-corrected chi connectivity index (χ1v) is 5.77. The number of hydrogen-bond acceptors (Lipinski definition) is 4. The van der Waals surface area contributed by atoms with E-state index in [1.165, 1.54) is 12.3 Å². The van der Waals surface area contributed by atoms with Crippen molar-refractivity contribution in [2.45, 2.75) is 24.0 Å². The van der Waals surface area contributed by atoms with E-state index in [9.17, 15) is 13.2 Å². The summed E-state index contributed by atoms with van der Waals surface area (Å²) in [6, 6.07) is 2.99. The van der Waals surface area contributed by atoms with Crippen molar-refractivity contribution in [3.05, 3.63) is 23.9 Å². The molecule has 0 unspecified atom stereocenters. The minimum atomic E-state index is -4.28.